The van der Waals surface area contributed by atoms with Crippen LogP contribution in [0.4, 0.5) is 0 Å². The number of hydrogen-bond donors (Lipinski definition) is 0. The van der Waals surface area contributed by atoms with Gasteiger partial charge in [0.1, 0.15) is 0 Å². The standard InChI is InChI=1S/C15H12Cl2N2/c1-15(10-18,8-11-3-2-6-19-9-11)13-7-12(16)4-5-14(13)17/h2-7,9H,8H2,1H3. The van der Waals surface area contributed by atoms with E-state index in [1.165, 1.54) is 0 Å². The smallest absolute Gasteiger partial charge is 0.0849 e. The summed E-state index contributed by atoms with van der Waals surface area (Å²) in [6.45, 7) is 1.86. The van der Waals surface area contributed by atoms with Gasteiger partial charge in [-0.2, -0.15) is 5.26 Å². The van der Waals surface area contributed by atoms with Crippen molar-refractivity contribution in [3.8, 4) is 6.07 Å². The van der Waals surface area contributed by atoms with E-state index in [2.05, 4.69) is 11.1 Å². The van der Waals surface area contributed by atoms with Crippen molar-refractivity contribution in [2.45, 2.75) is 18.8 Å². The van der Waals surface area contributed by atoms with Gasteiger partial charge in [-0.1, -0.05) is 29.3 Å². The molecule has 1 aromatic heterocycles. The minimum Gasteiger partial charge on any atom is -0.264 e. The van der Waals surface area contributed by atoms with Crippen LogP contribution >= 0.6 is 23.2 Å². The third kappa shape index (κ3) is 3.07. The highest BCUT2D eigenvalue weighted by Crippen LogP contribution is 2.34. The first-order valence-corrected chi connectivity index (χ1v) is 6.56. The Morgan fingerprint density at radius 3 is 2.74 bits per heavy atom. The predicted octanol–water partition coefficient (Wildman–Crippen LogP) is 4.41. The maximum atomic E-state index is 9.54. The van der Waals surface area contributed by atoms with Crippen molar-refractivity contribution < 1.29 is 0 Å². The highest BCUT2D eigenvalue weighted by Gasteiger charge is 2.29. The lowest BCUT2D eigenvalue weighted by Gasteiger charge is -2.23. The predicted molar refractivity (Wildman–Crippen MR) is 77.4 cm³/mol. The average Bonchev–Trinajstić information content (AvgIpc) is 2.42. The van der Waals surface area contributed by atoms with Crippen molar-refractivity contribution in [3.63, 3.8) is 0 Å². The zero-order valence-electron chi connectivity index (χ0n) is 10.4. The van der Waals surface area contributed by atoms with Gasteiger partial charge in [-0.05, 0) is 48.7 Å². The number of rotatable bonds is 3. The summed E-state index contributed by atoms with van der Waals surface area (Å²) in [7, 11) is 0. The lowest BCUT2D eigenvalue weighted by molar-refractivity contribution is 0.605. The molecular formula is C15H12Cl2N2. The van der Waals surface area contributed by atoms with E-state index < -0.39 is 5.41 Å². The van der Waals surface area contributed by atoms with Crippen molar-refractivity contribution in [2.24, 2.45) is 0 Å². The van der Waals surface area contributed by atoms with Gasteiger partial charge in [-0.25, -0.2) is 0 Å². The van der Waals surface area contributed by atoms with E-state index in [-0.39, 0.29) is 0 Å². The summed E-state index contributed by atoms with van der Waals surface area (Å²) >= 11 is 12.2. The highest BCUT2D eigenvalue weighted by atomic mass is 35.5. The van der Waals surface area contributed by atoms with Gasteiger partial charge < -0.3 is 0 Å². The quantitative estimate of drug-likeness (QED) is 0.839. The molecule has 1 unspecified atom stereocenters. The monoisotopic (exact) mass is 290 g/mol. The van der Waals surface area contributed by atoms with Crippen molar-refractivity contribution in [1.82, 2.24) is 4.98 Å². The summed E-state index contributed by atoms with van der Waals surface area (Å²) < 4.78 is 0. The molecule has 1 atom stereocenters. The molecule has 2 rings (SSSR count). The molecule has 0 amide bonds. The van der Waals surface area contributed by atoms with E-state index in [9.17, 15) is 5.26 Å². The molecular weight excluding hydrogens is 279 g/mol. The van der Waals surface area contributed by atoms with Crippen LogP contribution < -0.4 is 0 Å². The van der Waals surface area contributed by atoms with Gasteiger partial charge in [0.05, 0.1) is 11.5 Å². The largest absolute Gasteiger partial charge is 0.264 e. The molecule has 0 N–H and O–H groups in total. The second kappa shape index (κ2) is 5.61. The molecule has 96 valence electrons. The first kappa shape index (κ1) is 13.9. The molecule has 1 aromatic carbocycles. The van der Waals surface area contributed by atoms with Crippen LogP contribution in [-0.2, 0) is 11.8 Å². The molecule has 0 fully saturated rings. The van der Waals surface area contributed by atoms with E-state index in [4.69, 9.17) is 23.2 Å². The van der Waals surface area contributed by atoms with Crippen molar-refractivity contribution in [3.05, 3.63) is 63.9 Å². The Hall–Kier alpha value is -1.56. The maximum Gasteiger partial charge on any atom is 0.0849 e. The summed E-state index contributed by atoms with van der Waals surface area (Å²) in [6, 6.07) is 11.3. The van der Waals surface area contributed by atoms with Crippen molar-refractivity contribution in [2.75, 3.05) is 0 Å². The molecule has 0 radical (unpaired) electrons. The topological polar surface area (TPSA) is 36.7 Å². The number of nitrogens with zero attached hydrogens (tertiary/aromatic N) is 2. The van der Waals surface area contributed by atoms with Crippen LogP contribution in [0.2, 0.25) is 10.0 Å². The fourth-order valence-electron chi connectivity index (χ4n) is 2.03. The Balaban J connectivity index is 2.43. The number of hydrogen-bond acceptors (Lipinski definition) is 2. The molecule has 0 spiro atoms. The van der Waals surface area contributed by atoms with E-state index in [0.717, 1.165) is 11.1 Å². The molecule has 19 heavy (non-hydrogen) atoms. The summed E-state index contributed by atoms with van der Waals surface area (Å²) in [5.41, 5.74) is 1.00. The zero-order chi connectivity index (χ0) is 13.9. The molecule has 0 aliphatic carbocycles. The van der Waals surface area contributed by atoms with Gasteiger partial charge in [-0.15, -0.1) is 0 Å². The van der Waals surface area contributed by atoms with E-state index in [1.807, 2.05) is 19.1 Å². The van der Waals surface area contributed by atoms with Crippen LogP contribution in [0.25, 0.3) is 0 Å². The summed E-state index contributed by atoms with van der Waals surface area (Å²) in [4.78, 5) is 4.07. The SMILES string of the molecule is CC(C#N)(Cc1cccnc1)c1cc(Cl)ccc1Cl. The van der Waals surface area contributed by atoms with Gasteiger partial charge in [0, 0.05) is 22.4 Å². The van der Waals surface area contributed by atoms with Crippen LogP contribution in [0.3, 0.4) is 0 Å². The molecule has 0 bridgehead atoms. The van der Waals surface area contributed by atoms with E-state index in [0.29, 0.717) is 16.5 Å². The van der Waals surface area contributed by atoms with Crippen molar-refractivity contribution in [1.29, 1.82) is 5.26 Å². The number of nitriles is 1. The van der Waals surface area contributed by atoms with Gasteiger partial charge in [0.2, 0.25) is 0 Å². The Labute approximate surface area is 122 Å². The number of halogens is 2. The molecule has 4 heteroatoms. The van der Waals surface area contributed by atoms with Crippen LogP contribution in [0, 0.1) is 11.3 Å². The minimum absolute atomic E-state index is 0.539. The Morgan fingerprint density at radius 1 is 1.32 bits per heavy atom. The molecule has 2 nitrogen and oxygen atoms in total. The normalized spacial score (nSPS) is 13.6. The third-order valence-corrected chi connectivity index (χ3v) is 3.61. The Kier molecular flexibility index (Phi) is 4.09. The van der Waals surface area contributed by atoms with Gasteiger partial charge >= 0.3 is 0 Å². The van der Waals surface area contributed by atoms with Gasteiger partial charge in [0.15, 0.2) is 0 Å². The maximum absolute atomic E-state index is 9.54. The van der Waals surface area contributed by atoms with E-state index in [1.54, 1.807) is 30.6 Å². The summed E-state index contributed by atoms with van der Waals surface area (Å²) in [6.07, 6.45) is 4.00. The fraction of sp³-hybridized carbons (Fsp3) is 0.200. The lowest BCUT2D eigenvalue weighted by Crippen LogP contribution is -2.23. The second-order valence-electron chi connectivity index (χ2n) is 4.61. The number of pyridine rings is 1. The lowest BCUT2D eigenvalue weighted by atomic mass is 9.79. The van der Waals surface area contributed by atoms with E-state index >= 15 is 0 Å². The molecule has 0 aliphatic heterocycles. The molecule has 0 aliphatic rings. The minimum atomic E-state index is -0.731. The Bertz CT molecular complexity index is 620. The zero-order valence-corrected chi connectivity index (χ0v) is 11.9. The second-order valence-corrected chi connectivity index (χ2v) is 5.45. The fourth-order valence-corrected chi connectivity index (χ4v) is 2.52. The molecule has 0 saturated carbocycles. The molecule has 2 aromatic rings. The number of benzene rings is 1. The van der Waals surface area contributed by atoms with Crippen LogP contribution in [0.5, 0.6) is 0 Å². The summed E-state index contributed by atoms with van der Waals surface area (Å²) in [5, 5.41) is 10.7. The average molecular weight is 291 g/mol. The summed E-state index contributed by atoms with van der Waals surface area (Å²) in [5.74, 6) is 0. The molecule has 0 saturated heterocycles. The third-order valence-electron chi connectivity index (χ3n) is 3.05. The van der Waals surface area contributed by atoms with Gasteiger partial charge in [0.25, 0.3) is 0 Å². The number of aromatic nitrogens is 1. The van der Waals surface area contributed by atoms with Crippen molar-refractivity contribution >= 4 is 23.2 Å². The Morgan fingerprint density at radius 2 is 2.11 bits per heavy atom. The van der Waals surface area contributed by atoms with Crippen LogP contribution in [0.1, 0.15) is 18.1 Å². The van der Waals surface area contributed by atoms with Crippen LogP contribution in [-0.4, -0.2) is 4.98 Å². The first-order chi connectivity index (χ1) is 9.05. The van der Waals surface area contributed by atoms with Crippen LogP contribution in [0.15, 0.2) is 42.7 Å². The van der Waals surface area contributed by atoms with Gasteiger partial charge in [-0.3, -0.25) is 4.98 Å². The first-order valence-electron chi connectivity index (χ1n) is 5.81. The highest BCUT2D eigenvalue weighted by molar-refractivity contribution is 6.33. The molecule has 1 heterocycles.